The van der Waals surface area contributed by atoms with Gasteiger partial charge < -0.3 is 9.64 Å². The zero-order valence-electron chi connectivity index (χ0n) is 19.3. The molecule has 2 aliphatic rings. The minimum absolute atomic E-state index is 0.126. The second-order valence-electron chi connectivity index (χ2n) is 8.98. The summed E-state index contributed by atoms with van der Waals surface area (Å²) in [7, 11) is 0. The lowest BCUT2D eigenvalue weighted by Crippen LogP contribution is -2.59. The highest BCUT2D eigenvalue weighted by atomic mass is 19.4. The number of nitrogens with zero attached hydrogens (tertiary/aromatic N) is 6. The molecule has 2 saturated heterocycles. The number of carbonyl (C=O) groups excluding carboxylic acids is 1. The summed E-state index contributed by atoms with van der Waals surface area (Å²) in [4.78, 5) is 30.4. The number of amides is 1. The SMILES string of the molecule is C[C@@H]1CN(c2cnc(C(F)(F)F)cn2)C[C@H](C)N1C(=O)OC1CCN(Cc2ccncc2)CC1. The van der Waals surface area contributed by atoms with E-state index < -0.39 is 11.9 Å². The summed E-state index contributed by atoms with van der Waals surface area (Å²) in [6, 6.07) is 3.63. The molecule has 2 aromatic heterocycles. The summed E-state index contributed by atoms with van der Waals surface area (Å²) in [6.45, 7) is 7.23. The predicted molar refractivity (Wildman–Crippen MR) is 119 cm³/mol. The van der Waals surface area contributed by atoms with Crippen molar-refractivity contribution < 1.29 is 22.7 Å². The molecular formula is C23H29F3N6O2. The Kier molecular flexibility index (Phi) is 7.20. The van der Waals surface area contributed by atoms with Crippen molar-refractivity contribution in [3.8, 4) is 0 Å². The molecule has 0 saturated carbocycles. The fourth-order valence-electron chi connectivity index (χ4n) is 4.64. The number of aromatic nitrogens is 3. The van der Waals surface area contributed by atoms with Gasteiger partial charge >= 0.3 is 12.3 Å². The average molecular weight is 479 g/mol. The van der Waals surface area contributed by atoms with Crippen LogP contribution in [0.5, 0.6) is 0 Å². The molecule has 8 nitrogen and oxygen atoms in total. The van der Waals surface area contributed by atoms with E-state index in [-0.39, 0.29) is 24.3 Å². The van der Waals surface area contributed by atoms with Crippen molar-refractivity contribution in [2.45, 2.75) is 57.6 Å². The van der Waals surface area contributed by atoms with Crippen molar-refractivity contribution in [1.29, 1.82) is 0 Å². The Hall–Kier alpha value is -2.95. The van der Waals surface area contributed by atoms with Gasteiger partial charge in [-0.1, -0.05) is 0 Å². The van der Waals surface area contributed by atoms with Gasteiger partial charge in [-0.15, -0.1) is 0 Å². The topological polar surface area (TPSA) is 74.7 Å². The van der Waals surface area contributed by atoms with E-state index >= 15 is 0 Å². The minimum Gasteiger partial charge on any atom is -0.446 e. The fourth-order valence-corrected chi connectivity index (χ4v) is 4.64. The normalized spacial score (nSPS) is 22.6. The van der Waals surface area contributed by atoms with Crippen LogP contribution < -0.4 is 4.90 Å². The number of hydrogen-bond acceptors (Lipinski definition) is 7. The highest BCUT2D eigenvalue weighted by Gasteiger charge is 2.37. The Balaban J connectivity index is 1.28. The van der Waals surface area contributed by atoms with Crippen molar-refractivity contribution in [3.63, 3.8) is 0 Å². The van der Waals surface area contributed by atoms with Gasteiger partial charge in [-0.25, -0.2) is 14.8 Å². The van der Waals surface area contributed by atoms with Crippen LogP contribution in [0.1, 0.15) is 37.9 Å². The van der Waals surface area contributed by atoms with Crippen molar-refractivity contribution in [1.82, 2.24) is 24.8 Å². The monoisotopic (exact) mass is 478 g/mol. The smallest absolute Gasteiger partial charge is 0.434 e. The first-order chi connectivity index (χ1) is 16.2. The van der Waals surface area contributed by atoms with Crippen LogP contribution >= 0.6 is 0 Å². The van der Waals surface area contributed by atoms with Crippen LogP contribution in [0, 0.1) is 0 Å². The van der Waals surface area contributed by atoms with Gasteiger partial charge in [-0.3, -0.25) is 14.8 Å². The van der Waals surface area contributed by atoms with E-state index in [0.717, 1.165) is 44.9 Å². The molecule has 34 heavy (non-hydrogen) atoms. The zero-order chi connectivity index (χ0) is 24.3. The molecule has 0 bridgehead atoms. The van der Waals surface area contributed by atoms with Crippen molar-refractivity contribution in [3.05, 3.63) is 48.2 Å². The summed E-state index contributed by atoms with van der Waals surface area (Å²) < 4.78 is 44.1. The zero-order valence-corrected chi connectivity index (χ0v) is 19.3. The first-order valence-electron chi connectivity index (χ1n) is 11.4. The summed E-state index contributed by atoms with van der Waals surface area (Å²) in [5.74, 6) is 0.362. The molecular weight excluding hydrogens is 449 g/mol. The van der Waals surface area contributed by atoms with Gasteiger partial charge in [0.2, 0.25) is 0 Å². The summed E-state index contributed by atoms with van der Waals surface area (Å²) >= 11 is 0. The first kappa shape index (κ1) is 24.2. The minimum atomic E-state index is -4.52. The number of likely N-dealkylation sites (tertiary alicyclic amines) is 1. The maximum Gasteiger partial charge on any atom is 0.434 e. The highest BCUT2D eigenvalue weighted by molar-refractivity contribution is 5.69. The largest absolute Gasteiger partial charge is 0.446 e. The van der Waals surface area contributed by atoms with Crippen LogP contribution in [0.25, 0.3) is 0 Å². The molecule has 1 amide bonds. The molecule has 4 rings (SSSR count). The Morgan fingerprint density at radius 1 is 1.06 bits per heavy atom. The molecule has 0 N–H and O–H groups in total. The van der Waals surface area contributed by atoms with E-state index in [2.05, 4.69) is 19.9 Å². The van der Waals surface area contributed by atoms with Crippen LogP contribution in [-0.2, 0) is 17.5 Å². The third kappa shape index (κ3) is 5.75. The van der Waals surface area contributed by atoms with Gasteiger partial charge in [0.25, 0.3) is 0 Å². The fraction of sp³-hybridized carbons (Fsp3) is 0.565. The van der Waals surface area contributed by atoms with Gasteiger partial charge in [0.05, 0.1) is 24.5 Å². The van der Waals surface area contributed by atoms with Crippen LogP contribution in [-0.4, -0.2) is 75.2 Å². The molecule has 0 aliphatic carbocycles. The molecule has 11 heteroatoms. The number of anilines is 1. The maximum absolute atomic E-state index is 13.0. The van der Waals surface area contributed by atoms with Gasteiger partial charge in [0.15, 0.2) is 5.69 Å². The molecule has 2 fully saturated rings. The van der Waals surface area contributed by atoms with E-state index in [4.69, 9.17) is 4.74 Å². The predicted octanol–water partition coefficient (Wildman–Crippen LogP) is 3.59. The van der Waals surface area contributed by atoms with Gasteiger partial charge in [0, 0.05) is 45.1 Å². The number of halogens is 3. The summed E-state index contributed by atoms with van der Waals surface area (Å²) in [5.41, 5.74) is 0.190. The summed E-state index contributed by atoms with van der Waals surface area (Å²) in [5, 5.41) is 0. The number of hydrogen-bond donors (Lipinski definition) is 0. The second-order valence-corrected chi connectivity index (χ2v) is 8.98. The lowest BCUT2D eigenvalue weighted by molar-refractivity contribution is -0.141. The lowest BCUT2D eigenvalue weighted by Gasteiger charge is -2.44. The molecule has 184 valence electrons. The highest BCUT2D eigenvalue weighted by Crippen LogP contribution is 2.28. The number of carbonyl (C=O) groups is 1. The molecule has 2 aromatic rings. The number of ether oxygens (including phenoxy) is 1. The van der Waals surface area contributed by atoms with Crippen molar-refractivity contribution in [2.24, 2.45) is 0 Å². The molecule has 2 atom stereocenters. The van der Waals surface area contributed by atoms with E-state index in [1.54, 1.807) is 17.3 Å². The van der Waals surface area contributed by atoms with E-state index in [1.165, 1.54) is 5.56 Å². The van der Waals surface area contributed by atoms with Crippen molar-refractivity contribution in [2.75, 3.05) is 31.1 Å². The average Bonchev–Trinajstić information content (AvgIpc) is 2.80. The number of piperidine rings is 1. The Bertz CT molecular complexity index is 939. The third-order valence-electron chi connectivity index (χ3n) is 6.34. The van der Waals surface area contributed by atoms with Crippen LogP contribution in [0.15, 0.2) is 36.9 Å². The Morgan fingerprint density at radius 3 is 2.26 bits per heavy atom. The molecule has 0 unspecified atom stereocenters. The van der Waals surface area contributed by atoms with E-state index in [0.29, 0.717) is 18.9 Å². The Morgan fingerprint density at radius 2 is 1.71 bits per heavy atom. The lowest BCUT2D eigenvalue weighted by atomic mass is 10.1. The number of rotatable bonds is 4. The molecule has 0 aromatic carbocycles. The van der Waals surface area contributed by atoms with E-state index in [9.17, 15) is 18.0 Å². The molecule has 4 heterocycles. The Labute approximate surface area is 196 Å². The second kappa shape index (κ2) is 10.1. The molecule has 0 spiro atoms. The number of piperazine rings is 1. The van der Waals surface area contributed by atoms with Crippen molar-refractivity contribution >= 4 is 11.9 Å². The van der Waals surface area contributed by atoms with Gasteiger partial charge in [0.1, 0.15) is 11.9 Å². The standard InChI is InChI=1S/C23H29F3N6O2/c1-16-13-31(21-12-28-20(11-29-21)23(24,25)26)14-17(2)32(16)22(33)34-19-5-9-30(10-6-19)15-18-3-7-27-8-4-18/h3-4,7-8,11-12,16-17,19H,5-6,9-10,13-15H2,1-2H3/t16-,17+. The van der Waals surface area contributed by atoms with E-state index in [1.807, 2.05) is 30.9 Å². The van der Waals surface area contributed by atoms with Crippen LogP contribution in [0.3, 0.4) is 0 Å². The van der Waals surface area contributed by atoms with Gasteiger partial charge in [-0.05, 0) is 44.4 Å². The molecule has 0 radical (unpaired) electrons. The first-order valence-corrected chi connectivity index (χ1v) is 11.4. The van der Waals surface area contributed by atoms with Crippen LogP contribution in [0.2, 0.25) is 0 Å². The maximum atomic E-state index is 13.0. The third-order valence-corrected chi connectivity index (χ3v) is 6.34. The quantitative estimate of drug-likeness (QED) is 0.665. The van der Waals surface area contributed by atoms with Crippen LogP contribution in [0.4, 0.5) is 23.8 Å². The number of pyridine rings is 1. The summed E-state index contributed by atoms with van der Waals surface area (Å²) in [6.07, 6.45) is 2.02. The molecule has 2 aliphatic heterocycles. The number of alkyl halides is 3. The van der Waals surface area contributed by atoms with Gasteiger partial charge in [-0.2, -0.15) is 13.2 Å².